The monoisotopic (exact) mass is 431 g/mol. The van der Waals surface area contributed by atoms with Crippen LogP contribution in [0.4, 0.5) is 4.39 Å². The van der Waals surface area contributed by atoms with Crippen LogP contribution in [-0.4, -0.2) is 47.8 Å². The summed E-state index contributed by atoms with van der Waals surface area (Å²) in [6.45, 7) is 4.46. The fourth-order valence-electron chi connectivity index (χ4n) is 3.47. The zero-order valence-electron chi connectivity index (χ0n) is 17.3. The third-order valence-electron chi connectivity index (χ3n) is 4.84. The number of hydrogen-bond acceptors (Lipinski definition) is 5. The summed E-state index contributed by atoms with van der Waals surface area (Å²) in [7, 11) is 1.29. The zero-order valence-corrected chi connectivity index (χ0v) is 18.2. The third-order valence-corrected chi connectivity index (χ3v) is 5.85. The van der Waals surface area contributed by atoms with Crippen LogP contribution in [0.1, 0.15) is 25.8 Å². The molecule has 7 heteroatoms. The third kappa shape index (κ3) is 5.53. The molecule has 0 N–H and O–H groups in total. The summed E-state index contributed by atoms with van der Waals surface area (Å²) in [5, 5.41) is 0.481. The van der Waals surface area contributed by atoms with E-state index in [1.165, 1.54) is 24.1 Å². The number of halogens is 1. The van der Waals surface area contributed by atoms with Gasteiger partial charge in [0.1, 0.15) is 12.1 Å². The molecule has 0 saturated carbocycles. The highest BCUT2D eigenvalue weighted by molar-refractivity contribution is 7.99. The van der Waals surface area contributed by atoms with Gasteiger partial charge >= 0.3 is 5.97 Å². The largest absolute Gasteiger partial charge is 0.485 e. The Morgan fingerprint density at radius 2 is 1.87 bits per heavy atom. The predicted octanol–water partition coefficient (Wildman–Crippen LogP) is 4.09. The Kier molecular flexibility index (Phi) is 7.37. The number of ether oxygens (including phenoxy) is 2. The first-order valence-electron chi connectivity index (χ1n) is 9.91. The number of carbonyl (C=O) groups excluding carboxylic acids is 2. The van der Waals surface area contributed by atoms with Crippen molar-refractivity contribution in [2.75, 3.05) is 13.7 Å². The van der Waals surface area contributed by atoms with Gasteiger partial charge in [0.25, 0.3) is 0 Å². The van der Waals surface area contributed by atoms with E-state index in [0.29, 0.717) is 5.25 Å². The van der Waals surface area contributed by atoms with E-state index >= 15 is 0 Å². The Morgan fingerprint density at radius 3 is 2.50 bits per heavy atom. The van der Waals surface area contributed by atoms with E-state index in [2.05, 4.69) is 13.8 Å². The minimum atomic E-state index is -0.741. The Hall–Kier alpha value is -2.54. The van der Waals surface area contributed by atoms with Crippen LogP contribution in [0.2, 0.25) is 0 Å². The first kappa shape index (κ1) is 22.2. The van der Waals surface area contributed by atoms with E-state index < -0.39 is 23.9 Å². The molecule has 2 aromatic carbocycles. The van der Waals surface area contributed by atoms with Crippen molar-refractivity contribution in [3.63, 3.8) is 0 Å². The maximum Gasteiger partial charge on any atom is 0.328 e. The Morgan fingerprint density at radius 1 is 1.17 bits per heavy atom. The van der Waals surface area contributed by atoms with Gasteiger partial charge in [-0.15, -0.1) is 11.8 Å². The van der Waals surface area contributed by atoms with E-state index in [1.54, 1.807) is 23.9 Å². The maximum atomic E-state index is 13.9. The molecular formula is C23H26FNO4S. The van der Waals surface area contributed by atoms with Crippen molar-refractivity contribution in [2.45, 2.75) is 49.0 Å². The van der Waals surface area contributed by atoms with Gasteiger partial charge in [-0.2, -0.15) is 0 Å². The number of rotatable bonds is 7. The highest BCUT2D eigenvalue weighted by Gasteiger charge is 2.41. The van der Waals surface area contributed by atoms with Gasteiger partial charge in [-0.05, 0) is 29.8 Å². The second-order valence-corrected chi connectivity index (χ2v) is 9.13. The highest BCUT2D eigenvalue weighted by Crippen LogP contribution is 2.27. The number of benzene rings is 2. The molecule has 2 aromatic rings. The van der Waals surface area contributed by atoms with E-state index in [-0.39, 0.29) is 31.0 Å². The predicted molar refractivity (Wildman–Crippen MR) is 114 cm³/mol. The summed E-state index contributed by atoms with van der Waals surface area (Å²) in [6.07, 6.45) is -0.0525. The quantitative estimate of drug-likeness (QED) is 0.488. The number of nitrogens with zero attached hydrogens (tertiary/aromatic N) is 1. The van der Waals surface area contributed by atoms with E-state index in [0.717, 1.165) is 10.5 Å². The van der Waals surface area contributed by atoms with Gasteiger partial charge in [0.15, 0.2) is 11.6 Å². The second-order valence-electron chi connectivity index (χ2n) is 7.48. The minimum absolute atomic E-state index is 0.110. The molecular weight excluding hydrogens is 405 g/mol. The molecule has 1 fully saturated rings. The molecule has 1 amide bonds. The molecule has 2 atom stereocenters. The number of methoxy groups -OCH3 is 1. The average Bonchev–Trinajstić information content (AvgIpc) is 3.14. The lowest BCUT2D eigenvalue weighted by Gasteiger charge is -2.22. The van der Waals surface area contributed by atoms with Gasteiger partial charge in [-0.3, -0.25) is 4.79 Å². The molecule has 5 nitrogen and oxygen atoms in total. The minimum Gasteiger partial charge on any atom is -0.485 e. The standard InChI is InChI=1S/C23H26FNO4S/c1-15(2)30-18-10-8-16(9-11-18)12-22(26)25-14-17(13-20(25)23(27)28-3)29-21-7-5-4-6-19(21)24/h4-11,15,17,20H,12-14H2,1-3H3/t17-,20+/m0/s1. The van der Waals surface area contributed by atoms with Gasteiger partial charge in [-0.1, -0.05) is 38.1 Å². The number of hydrogen-bond donors (Lipinski definition) is 0. The lowest BCUT2D eigenvalue weighted by atomic mass is 10.1. The van der Waals surface area contributed by atoms with Crippen molar-refractivity contribution in [3.05, 3.63) is 59.9 Å². The normalized spacial score (nSPS) is 18.5. The molecule has 1 aliphatic heterocycles. The lowest BCUT2D eigenvalue weighted by molar-refractivity contribution is -0.150. The molecule has 1 heterocycles. The van der Waals surface area contributed by atoms with Gasteiger partial charge in [0.2, 0.25) is 5.91 Å². The number of para-hydroxylation sites is 1. The molecule has 0 bridgehead atoms. The van der Waals surface area contributed by atoms with Crippen molar-refractivity contribution in [3.8, 4) is 5.75 Å². The highest BCUT2D eigenvalue weighted by atomic mass is 32.2. The fourth-order valence-corrected chi connectivity index (χ4v) is 4.31. The van der Waals surface area contributed by atoms with E-state index in [4.69, 9.17) is 9.47 Å². The summed E-state index contributed by atoms with van der Waals surface area (Å²) in [6, 6.07) is 13.2. The van der Waals surface area contributed by atoms with Crippen molar-refractivity contribution in [2.24, 2.45) is 0 Å². The Labute approximate surface area is 180 Å². The van der Waals surface area contributed by atoms with Crippen LogP contribution in [0.15, 0.2) is 53.4 Å². The van der Waals surface area contributed by atoms with Crippen LogP contribution in [0.3, 0.4) is 0 Å². The van der Waals surface area contributed by atoms with Gasteiger partial charge < -0.3 is 14.4 Å². The summed E-state index contributed by atoms with van der Waals surface area (Å²) >= 11 is 1.76. The molecule has 1 aliphatic rings. The number of carbonyl (C=O) groups is 2. The van der Waals surface area contributed by atoms with Gasteiger partial charge in [0.05, 0.1) is 20.1 Å². The van der Waals surface area contributed by atoms with Crippen molar-refractivity contribution >= 4 is 23.6 Å². The second kappa shape index (κ2) is 9.98. The van der Waals surface area contributed by atoms with Crippen LogP contribution in [0, 0.1) is 5.82 Å². The molecule has 160 valence electrons. The van der Waals surface area contributed by atoms with Crippen LogP contribution >= 0.6 is 11.8 Å². The first-order chi connectivity index (χ1) is 14.4. The zero-order chi connectivity index (χ0) is 21.7. The molecule has 0 unspecified atom stereocenters. The SMILES string of the molecule is COC(=O)[C@H]1C[C@H](Oc2ccccc2F)CN1C(=O)Cc1ccc(SC(C)C)cc1. The molecule has 3 rings (SSSR count). The molecule has 30 heavy (non-hydrogen) atoms. The van der Waals surface area contributed by atoms with E-state index in [1.807, 2.05) is 24.3 Å². The van der Waals surface area contributed by atoms with Crippen LogP contribution in [-0.2, 0) is 20.7 Å². The van der Waals surface area contributed by atoms with Crippen LogP contribution in [0.5, 0.6) is 5.75 Å². The smallest absolute Gasteiger partial charge is 0.328 e. The number of amides is 1. The molecule has 0 aliphatic carbocycles. The van der Waals surface area contributed by atoms with Crippen molar-refractivity contribution < 1.29 is 23.5 Å². The Bertz CT molecular complexity index is 887. The van der Waals surface area contributed by atoms with Gasteiger partial charge in [-0.25, -0.2) is 9.18 Å². The lowest BCUT2D eigenvalue weighted by Crippen LogP contribution is -2.42. The first-order valence-corrected chi connectivity index (χ1v) is 10.8. The fraction of sp³-hybridized carbons (Fsp3) is 0.391. The molecule has 1 saturated heterocycles. The van der Waals surface area contributed by atoms with Crippen LogP contribution in [0.25, 0.3) is 0 Å². The topological polar surface area (TPSA) is 55.8 Å². The summed E-state index contributed by atoms with van der Waals surface area (Å²) < 4.78 is 24.5. The maximum absolute atomic E-state index is 13.9. The summed E-state index contributed by atoms with van der Waals surface area (Å²) in [5.74, 6) is -1.05. The number of esters is 1. The summed E-state index contributed by atoms with van der Waals surface area (Å²) in [4.78, 5) is 27.8. The summed E-state index contributed by atoms with van der Waals surface area (Å²) in [5.41, 5.74) is 0.871. The van der Waals surface area contributed by atoms with Crippen molar-refractivity contribution in [1.29, 1.82) is 0 Å². The molecule has 0 aromatic heterocycles. The van der Waals surface area contributed by atoms with E-state index in [9.17, 15) is 14.0 Å². The number of thioether (sulfide) groups is 1. The average molecular weight is 432 g/mol. The molecule has 0 spiro atoms. The van der Waals surface area contributed by atoms with Gasteiger partial charge in [0, 0.05) is 16.6 Å². The van der Waals surface area contributed by atoms with Crippen molar-refractivity contribution in [1.82, 2.24) is 4.90 Å². The molecule has 0 radical (unpaired) electrons. The number of likely N-dealkylation sites (tertiary alicyclic amines) is 1. The Balaban J connectivity index is 1.69. The van der Waals surface area contributed by atoms with Crippen LogP contribution < -0.4 is 4.74 Å².